The number of nitrogen functional groups attached to an aromatic ring is 1. The zero-order chi connectivity index (χ0) is 13.7. The molecule has 3 heteroatoms. The van der Waals surface area contributed by atoms with Gasteiger partial charge in [-0.3, -0.25) is 0 Å². The van der Waals surface area contributed by atoms with Crippen molar-refractivity contribution in [2.24, 2.45) is 5.92 Å². The van der Waals surface area contributed by atoms with Crippen LogP contribution in [0.5, 0.6) is 0 Å². The summed E-state index contributed by atoms with van der Waals surface area (Å²) in [6, 6.07) is 8.29. The maximum atomic E-state index is 5.71. The van der Waals surface area contributed by atoms with Gasteiger partial charge < -0.3 is 15.5 Å². The lowest BCUT2D eigenvalue weighted by Crippen LogP contribution is -2.38. The van der Waals surface area contributed by atoms with Crippen LogP contribution in [-0.4, -0.2) is 50.1 Å². The molecular formula is C16H27N3. The predicted octanol–water partition coefficient (Wildman–Crippen LogP) is 2.08. The van der Waals surface area contributed by atoms with Gasteiger partial charge in [0.15, 0.2) is 0 Å². The van der Waals surface area contributed by atoms with Gasteiger partial charge in [-0.25, -0.2) is 0 Å². The van der Waals surface area contributed by atoms with E-state index < -0.39 is 0 Å². The molecule has 2 N–H and O–H groups in total. The molecule has 0 amide bonds. The molecule has 0 aromatic heterocycles. The van der Waals surface area contributed by atoms with E-state index in [0.717, 1.165) is 18.0 Å². The molecule has 1 aliphatic heterocycles. The molecule has 0 bridgehead atoms. The van der Waals surface area contributed by atoms with Crippen LogP contribution in [0.25, 0.3) is 0 Å². The van der Waals surface area contributed by atoms with Crippen molar-refractivity contribution in [3.05, 3.63) is 29.8 Å². The average Bonchev–Trinajstić information content (AvgIpc) is 2.39. The van der Waals surface area contributed by atoms with Crippen LogP contribution in [0, 0.1) is 5.92 Å². The zero-order valence-electron chi connectivity index (χ0n) is 12.3. The first-order valence-electron chi connectivity index (χ1n) is 7.35. The standard InChI is InChI=1S/C16H27N3/c1-18(2)13-15-8-11-19(12-9-15)10-7-14-3-5-16(17)6-4-14/h3-6,15H,7-13,17H2,1-2H3. The second kappa shape index (κ2) is 6.92. The molecule has 0 saturated carbocycles. The third-order valence-electron chi connectivity index (χ3n) is 4.03. The lowest BCUT2D eigenvalue weighted by molar-refractivity contribution is 0.164. The quantitative estimate of drug-likeness (QED) is 0.824. The zero-order valence-corrected chi connectivity index (χ0v) is 12.3. The van der Waals surface area contributed by atoms with Crippen LogP contribution in [0.15, 0.2) is 24.3 Å². The Morgan fingerprint density at radius 2 is 1.79 bits per heavy atom. The third kappa shape index (κ3) is 4.84. The molecular weight excluding hydrogens is 234 g/mol. The number of hydrogen-bond donors (Lipinski definition) is 1. The largest absolute Gasteiger partial charge is 0.399 e. The fourth-order valence-electron chi connectivity index (χ4n) is 2.88. The van der Waals surface area contributed by atoms with Crippen molar-refractivity contribution in [2.75, 3.05) is 46.0 Å². The van der Waals surface area contributed by atoms with Gasteiger partial charge in [0, 0.05) is 18.8 Å². The topological polar surface area (TPSA) is 32.5 Å². The average molecular weight is 261 g/mol. The van der Waals surface area contributed by atoms with Crippen molar-refractivity contribution in [3.8, 4) is 0 Å². The fourth-order valence-corrected chi connectivity index (χ4v) is 2.88. The van der Waals surface area contributed by atoms with Crippen LogP contribution in [0.3, 0.4) is 0 Å². The van der Waals surface area contributed by atoms with Crippen molar-refractivity contribution in [1.82, 2.24) is 9.80 Å². The molecule has 0 atom stereocenters. The number of hydrogen-bond acceptors (Lipinski definition) is 3. The summed E-state index contributed by atoms with van der Waals surface area (Å²) in [5.74, 6) is 0.891. The van der Waals surface area contributed by atoms with E-state index in [1.165, 1.54) is 44.6 Å². The summed E-state index contributed by atoms with van der Waals surface area (Å²) in [5.41, 5.74) is 7.95. The van der Waals surface area contributed by atoms with E-state index in [4.69, 9.17) is 5.73 Å². The van der Waals surface area contributed by atoms with E-state index in [1.807, 2.05) is 12.1 Å². The molecule has 0 spiro atoms. The van der Waals surface area contributed by atoms with E-state index >= 15 is 0 Å². The van der Waals surface area contributed by atoms with Gasteiger partial charge in [-0.1, -0.05) is 12.1 Å². The maximum absolute atomic E-state index is 5.71. The Kier molecular flexibility index (Phi) is 5.23. The van der Waals surface area contributed by atoms with E-state index in [9.17, 15) is 0 Å². The minimum atomic E-state index is 0.855. The number of rotatable bonds is 5. The lowest BCUT2D eigenvalue weighted by atomic mass is 9.96. The van der Waals surface area contributed by atoms with Crippen LogP contribution in [0.2, 0.25) is 0 Å². The first-order chi connectivity index (χ1) is 9.13. The van der Waals surface area contributed by atoms with Gasteiger partial charge in [-0.05, 0) is 70.1 Å². The Morgan fingerprint density at radius 3 is 2.37 bits per heavy atom. The van der Waals surface area contributed by atoms with Crippen molar-refractivity contribution >= 4 is 5.69 Å². The Labute approximate surface area is 117 Å². The van der Waals surface area contributed by atoms with Gasteiger partial charge in [-0.15, -0.1) is 0 Å². The van der Waals surface area contributed by atoms with Crippen LogP contribution in [0.1, 0.15) is 18.4 Å². The molecule has 0 radical (unpaired) electrons. The van der Waals surface area contributed by atoms with E-state index in [-0.39, 0.29) is 0 Å². The van der Waals surface area contributed by atoms with E-state index in [2.05, 4.69) is 36.0 Å². The molecule has 2 rings (SSSR count). The molecule has 1 aromatic rings. The second-order valence-electron chi connectivity index (χ2n) is 6.04. The minimum absolute atomic E-state index is 0.855. The summed E-state index contributed by atoms with van der Waals surface area (Å²) in [5, 5.41) is 0. The number of nitrogens with two attached hydrogens (primary N) is 1. The van der Waals surface area contributed by atoms with Crippen LogP contribution in [-0.2, 0) is 6.42 Å². The molecule has 1 saturated heterocycles. The molecule has 106 valence electrons. The van der Waals surface area contributed by atoms with E-state index in [1.54, 1.807) is 0 Å². The second-order valence-corrected chi connectivity index (χ2v) is 6.04. The Balaban J connectivity index is 1.69. The number of nitrogens with zero attached hydrogens (tertiary/aromatic N) is 2. The molecule has 1 aliphatic rings. The van der Waals surface area contributed by atoms with Crippen molar-refractivity contribution in [3.63, 3.8) is 0 Å². The molecule has 19 heavy (non-hydrogen) atoms. The highest BCUT2D eigenvalue weighted by molar-refractivity contribution is 5.39. The molecule has 1 heterocycles. The summed E-state index contributed by atoms with van der Waals surface area (Å²) in [6.45, 7) is 4.94. The molecule has 1 fully saturated rings. The highest BCUT2D eigenvalue weighted by Gasteiger charge is 2.19. The Morgan fingerprint density at radius 1 is 1.16 bits per heavy atom. The first-order valence-corrected chi connectivity index (χ1v) is 7.35. The summed E-state index contributed by atoms with van der Waals surface area (Å²) in [7, 11) is 4.35. The highest BCUT2D eigenvalue weighted by Crippen LogP contribution is 2.18. The summed E-state index contributed by atoms with van der Waals surface area (Å²) >= 11 is 0. The summed E-state index contributed by atoms with van der Waals surface area (Å²) in [4.78, 5) is 4.91. The normalized spacial score (nSPS) is 18.1. The number of piperidine rings is 1. The van der Waals surface area contributed by atoms with Crippen molar-refractivity contribution in [2.45, 2.75) is 19.3 Å². The van der Waals surface area contributed by atoms with Gasteiger partial charge in [-0.2, -0.15) is 0 Å². The minimum Gasteiger partial charge on any atom is -0.399 e. The summed E-state index contributed by atoms with van der Waals surface area (Å²) in [6.07, 6.45) is 3.83. The lowest BCUT2D eigenvalue weighted by Gasteiger charge is -2.33. The number of benzene rings is 1. The SMILES string of the molecule is CN(C)CC1CCN(CCc2ccc(N)cc2)CC1. The Hall–Kier alpha value is -1.06. The molecule has 3 nitrogen and oxygen atoms in total. The molecule has 1 aromatic carbocycles. The van der Waals surface area contributed by atoms with Gasteiger partial charge in [0.05, 0.1) is 0 Å². The number of anilines is 1. The summed E-state index contributed by atoms with van der Waals surface area (Å²) < 4.78 is 0. The molecule has 0 aliphatic carbocycles. The maximum Gasteiger partial charge on any atom is 0.0314 e. The number of likely N-dealkylation sites (tertiary alicyclic amines) is 1. The van der Waals surface area contributed by atoms with Gasteiger partial charge in [0.25, 0.3) is 0 Å². The fraction of sp³-hybridized carbons (Fsp3) is 0.625. The first kappa shape index (κ1) is 14.4. The van der Waals surface area contributed by atoms with Crippen LogP contribution < -0.4 is 5.73 Å². The highest BCUT2D eigenvalue weighted by atomic mass is 15.1. The molecule has 0 unspecified atom stereocenters. The van der Waals surface area contributed by atoms with Gasteiger partial charge >= 0.3 is 0 Å². The van der Waals surface area contributed by atoms with Crippen LogP contribution >= 0.6 is 0 Å². The van der Waals surface area contributed by atoms with Crippen molar-refractivity contribution in [1.29, 1.82) is 0 Å². The predicted molar refractivity (Wildman–Crippen MR) is 82.3 cm³/mol. The van der Waals surface area contributed by atoms with E-state index in [0.29, 0.717) is 0 Å². The smallest absolute Gasteiger partial charge is 0.0314 e. The van der Waals surface area contributed by atoms with Crippen molar-refractivity contribution < 1.29 is 0 Å². The monoisotopic (exact) mass is 261 g/mol. The third-order valence-corrected chi connectivity index (χ3v) is 4.03. The van der Waals surface area contributed by atoms with Gasteiger partial charge in [0.1, 0.15) is 0 Å². The van der Waals surface area contributed by atoms with Crippen LogP contribution in [0.4, 0.5) is 5.69 Å². The Bertz CT molecular complexity index is 364. The van der Waals surface area contributed by atoms with Gasteiger partial charge in [0.2, 0.25) is 0 Å².